The molecule has 38 heavy (non-hydrogen) atoms. The quantitative estimate of drug-likeness (QED) is 0.244. The van der Waals surface area contributed by atoms with Crippen LogP contribution in [-0.4, -0.2) is 50.3 Å². The number of carbonyl (C=O) groups is 3. The van der Waals surface area contributed by atoms with E-state index in [1.54, 1.807) is 33.9 Å². The van der Waals surface area contributed by atoms with Crippen LogP contribution in [0.3, 0.4) is 0 Å². The van der Waals surface area contributed by atoms with Crippen LogP contribution in [0.1, 0.15) is 71.9 Å². The van der Waals surface area contributed by atoms with Gasteiger partial charge < -0.3 is 24.8 Å². The van der Waals surface area contributed by atoms with Crippen molar-refractivity contribution in [2.45, 2.75) is 66.4 Å². The molecule has 210 valence electrons. The SMILES string of the molecule is CCOC(=O)C1=C(C)NC(CNC)=C(C(=O)OCC)C1c1ccccc1C=C(CC)C(=O)OC(C)(C)C.Cl. The highest BCUT2D eigenvalue weighted by Gasteiger charge is 2.39. The zero-order chi connectivity index (χ0) is 27.8. The Balaban J connectivity index is 0.00000722. The van der Waals surface area contributed by atoms with Crippen LogP contribution >= 0.6 is 12.4 Å². The van der Waals surface area contributed by atoms with E-state index in [4.69, 9.17) is 14.2 Å². The molecule has 0 fully saturated rings. The van der Waals surface area contributed by atoms with Crippen LogP contribution in [0.5, 0.6) is 0 Å². The number of halogens is 1. The molecule has 0 bridgehead atoms. The lowest BCUT2D eigenvalue weighted by Crippen LogP contribution is -2.36. The maximum Gasteiger partial charge on any atom is 0.336 e. The predicted molar refractivity (Wildman–Crippen MR) is 151 cm³/mol. The van der Waals surface area contributed by atoms with Gasteiger partial charge in [-0.3, -0.25) is 0 Å². The Morgan fingerprint density at radius 1 is 1.00 bits per heavy atom. The van der Waals surface area contributed by atoms with Gasteiger partial charge in [-0.05, 0) is 72.2 Å². The summed E-state index contributed by atoms with van der Waals surface area (Å²) in [4.78, 5) is 39.5. The molecule has 0 radical (unpaired) electrons. The van der Waals surface area contributed by atoms with Crippen molar-refractivity contribution in [3.63, 3.8) is 0 Å². The number of likely N-dealkylation sites (N-methyl/N-ethyl adjacent to an activating group) is 1. The molecule has 1 aliphatic heterocycles. The molecule has 2 N–H and O–H groups in total. The van der Waals surface area contributed by atoms with Gasteiger partial charge >= 0.3 is 17.9 Å². The minimum atomic E-state index is -0.771. The van der Waals surface area contributed by atoms with Crippen molar-refractivity contribution in [3.8, 4) is 0 Å². The number of benzene rings is 1. The monoisotopic (exact) mass is 548 g/mol. The second kappa shape index (κ2) is 14.7. The molecule has 8 nitrogen and oxygen atoms in total. The van der Waals surface area contributed by atoms with Crippen molar-refractivity contribution in [1.82, 2.24) is 10.6 Å². The first-order valence-corrected chi connectivity index (χ1v) is 12.7. The number of hydrogen-bond donors (Lipinski definition) is 2. The Morgan fingerprint density at radius 2 is 1.58 bits per heavy atom. The molecule has 0 spiro atoms. The number of esters is 3. The Morgan fingerprint density at radius 3 is 2.11 bits per heavy atom. The summed E-state index contributed by atoms with van der Waals surface area (Å²) in [7, 11) is 1.78. The summed E-state index contributed by atoms with van der Waals surface area (Å²) in [6.07, 6.45) is 2.21. The minimum Gasteiger partial charge on any atom is -0.463 e. The third-order valence-electron chi connectivity index (χ3n) is 5.67. The van der Waals surface area contributed by atoms with E-state index in [2.05, 4.69) is 10.6 Å². The highest BCUT2D eigenvalue weighted by atomic mass is 35.5. The number of carbonyl (C=O) groups excluding carboxylic acids is 3. The normalized spacial score (nSPS) is 15.9. The zero-order valence-corrected chi connectivity index (χ0v) is 24.5. The van der Waals surface area contributed by atoms with Gasteiger partial charge in [-0.2, -0.15) is 0 Å². The van der Waals surface area contributed by atoms with E-state index in [1.807, 2.05) is 52.0 Å². The highest BCUT2D eigenvalue weighted by molar-refractivity contribution is 6.01. The topological polar surface area (TPSA) is 103 Å². The van der Waals surface area contributed by atoms with Crippen molar-refractivity contribution in [2.24, 2.45) is 0 Å². The largest absolute Gasteiger partial charge is 0.463 e. The molecule has 0 saturated heterocycles. The summed E-state index contributed by atoms with van der Waals surface area (Å²) in [5, 5.41) is 6.30. The van der Waals surface area contributed by atoms with Crippen LogP contribution in [0.2, 0.25) is 0 Å². The first-order chi connectivity index (χ1) is 17.5. The maximum absolute atomic E-state index is 13.3. The van der Waals surface area contributed by atoms with E-state index in [9.17, 15) is 14.4 Å². The highest BCUT2D eigenvalue weighted by Crippen LogP contribution is 2.41. The molecule has 0 saturated carbocycles. The summed E-state index contributed by atoms with van der Waals surface area (Å²) < 4.78 is 16.4. The molecule has 1 aliphatic rings. The fraction of sp³-hybridized carbons (Fsp3) is 0.483. The van der Waals surface area contributed by atoms with E-state index in [-0.39, 0.29) is 25.6 Å². The van der Waals surface area contributed by atoms with E-state index in [1.165, 1.54) is 0 Å². The van der Waals surface area contributed by atoms with Gasteiger partial charge in [-0.1, -0.05) is 31.2 Å². The third-order valence-corrected chi connectivity index (χ3v) is 5.67. The first kappa shape index (κ1) is 32.9. The Kier molecular flexibility index (Phi) is 12.8. The molecule has 9 heteroatoms. The average molecular weight is 549 g/mol. The number of rotatable bonds is 10. The molecule has 1 aromatic rings. The number of allylic oxidation sites excluding steroid dienone is 1. The van der Waals surface area contributed by atoms with Crippen molar-refractivity contribution < 1.29 is 28.6 Å². The van der Waals surface area contributed by atoms with Gasteiger partial charge in [0.25, 0.3) is 0 Å². The smallest absolute Gasteiger partial charge is 0.336 e. The number of hydrogen-bond acceptors (Lipinski definition) is 8. The molecular formula is C29H41ClN2O6. The van der Waals surface area contributed by atoms with Crippen LogP contribution in [0.25, 0.3) is 6.08 Å². The van der Waals surface area contributed by atoms with E-state index in [0.29, 0.717) is 52.2 Å². The Labute approximate surface area is 232 Å². The average Bonchev–Trinajstić information content (AvgIpc) is 2.81. The van der Waals surface area contributed by atoms with Gasteiger partial charge in [-0.25, -0.2) is 14.4 Å². The summed E-state index contributed by atoms with van der Waals surface area (Å²) in [6, 6.07) is 7.40. The zero-order valence-electron chi connectivity index (χ0n) is 23.7. The van der Waals surface area contributed by atoms with Gasteiger partial charge in [0, 0.05) is 23.5 Å². The molecule has 2 rings (SSSR count). The first-order valence-electron chi connectivity index (χ1n) is 12.7. The molecule has 0 aliphatic carbocycles. The van der Waals surface area contributed by atoms with Gasteiger partial charge in [0.05, 0.1) is 30.3 Å². The number of dihydropyridines is 1. The summed E-state index contributed by atoms with van der Waals surface area (Å²) >= 11 is 0. The third kappa shape index (κ3) is 8.20. The van der Waals surface area contributed by atoms with Crippen LogP contribution in [0, 0.1) is 0 Å². The molecule has 1 heterocycles. The lowest BCUT2D eigenvalue weighted by atomic mass is 9.78. The molecule has 0 aromatic heterocycles. The minimum absolute atomic E-state index is 0. The second-order valence-electron chi connectivity index (χ2n) is 9.61. The maximum atomic E-state index is 13.3. The van der Waals surface area contributed by atoms with Crippen molar-refractivity contribution >= 4 is 36.4 Å². The van der Waals surface area contributed by atoms with Crippen LogP contribution < -0.4 is 10.6 Å². The number of nitrogens with one attached hydrogen (secondary N) is 2. The standard InChI is InChI=1S/C29H40N2O6.ClH/c1-9-19(26(32)37-29(5,6)7)16-20-14-12-13-15-21(20)24-23(27(33)35-10-2)18(4)31-22(17-30-8)25(24)28(34)36-11-3;/h12-16,24,30-31H,9-11,17H2,1-8H3;1H. The van der Waals surface area contributed by atoms with Crippen molar-refractivity contribution in [1.29, 1.82) is 0 Å². The second-order valence-corrected chi connectivity index (χ2v) is 9.61. The predicted octanol–water partition coefficient (Wildman–Crippen LogP) is 4.80. The molecular weight excluding hydrogens is 508 g/mol. The molecule has 0 amide bonds. The van der Waals surface area contributed by atoms with Gasteiger partial charge in [-0.15, -0.1) is 12.4 Å². The van der Waals surface area contributed by atoms with E-state index >= 15 is 0 Å². The summed E-state index contributed by atoms with van der Waals surface area (Å²) in [5.74, 6) is -2.23. The van der Waals surface area contributed by atoms with E-state index < -0.39 is 29.4 Å². The molecule has 1 aromatic carbocycles. The van der Waals surface area contributed by atoms with Crippen LogP contribution in [-0.2, 0) is 28.6 Å². The van der Waals surface area contributed by atoms with Crippen molar-refractivity contribution in [2.75, 3.05) is 26.8 Å². The molecule has 1 unspecified atom stereocenters. The van der Waals surface area contributed by atoms with Crippen LogP contribution in [0.15, 0.2) is 52.4 Å². The fourth-order valence-corrected chi connectivity index (χ4v) is 4.19. The Bertz CT molecular complexity index is 1110. The van der Waals surface area contributed by atoms with E-state index in [0.717, 1.165) is 0 Å². The van der Waals surface area contributed by atoms with Gasteiger partial charge in [0.2, 0.25) is 0 Å². The summed E-state index contributed by atoms with van der Waals surface area (Å²) in [5.41, 5.74) is 3.05. The molecule has 1 atom stereocenters. The Hall–Kier alpha value is -3.10. The lowest BCUT2D eigenvalue weighted by Gasteiger charge is -2.32. The van der Waals surface area contributed by atoms with Crippen molar-refractivity contribution in [3.05, 3.63) is 63.5 Å². The fourth-order valence-electron chi connectivity index (χ4n) is 4.19. The lowest BCUT2D eigenvalue weighted by molar-refractivity contribution is -0.150. The summed E-state index contributed by atoms with van der Waals surface area (Å²) in [6.45, 7) is 13.3. The number of ether oxygens (including phenoxy) is 3. The van der Waals surface area contributed by atoms with Gasteiger partial charge in [0.1, 0.15) is 5.60 Å². The van der Waals surface area contributed by atoms with Gasteiger partial charge in [0.15, 0.2) is 0 Å². The van der Waals surface area contributed by atoms with Crippen LogP contribution in [0.4, 0.5) is 0 Å².